The fourth-order valence-electron chi connectivity index (χ4n) is 5.30. The molecule has 108 valence electrons. The normalized spacial score (nSPS) is 46.2. The van der Waals surface area contributed by atoms with Crippen LogP contribution in [0.15, 0.2) is 0 Å². The molecule has 6 atom stereocenters. The zero-order chi connectivity index (χ0) is 13.4. The molecule has 3 heteroatoms. The van der Waals surface area contributed by atoms with Crippen molar-refractivity contribution in [1.82, 2.24) is 0 Å². The maximum Gasteiger partial charge on any atom is 0.303 e. The summed E-state index contributed by atoms with van der Waals surface area (Å²) in [4.78, 5) is 10.9. The molecule has 19 heavy (non-hydrogen) atoms. The van der Waals surface area contributed by atoms with Crippen LogP contribution in [0.1, 0.15) is 57.8 Å². The van der Waals surface area contributed by atoms with Gasteiger partial charge in [0, 0.05) is 6.42 Å². The predicted octanol–water partition coefficient (Wildman–Crippen LogP) is 3.06. The molecule has 0 aromatic heterocycles. The average Bonchev–Trinajstić information content (AvgIpc) is 2.37. The Kier molecular flexibility index (Phi) is 3.84. The fraction of sp³-hybridized carbons (Fsp3) is 0.938. The molecule has 3 nitrogen and oxygen atoms in total. The summed E-state index contributed by atoms with van der Waals surface area (Å²) >= 11 is 0. The second-order valence-electron chi connectivity index (χ2n) is 7.17. The van der Waals surface area contributed by atoms with Crippen molar-refractivity contribution < 1.29 is 15.0 Å². The molecule has 0 aliphatic heterocycles. The van der Waals surface area contributed by atoms with Crippen LogP contribution in [0.5, 0.6) is 0 Å². The molecule has 0 spiro atoms. The van der Waals surface area contributed by atoms with Crippen LogP contribution in [0.4, 0.5) is 0 Å². The van der Waals surface area contributed by atoms with E-state index in [0.717, 1.165) is 49.4 Å². The lowest BCUT2D eigenvalue weighted by atomic mass is 9.56. The first-order valence-corrected chi connectivity index (χ1v) is 8.03. The number of fused-ring (bicyclic) bond motifs is 3. The topological polar surface area (TPSA) is 57.5 Å². The molecule has 0 unspecified atom stereocenters. The summed E-state index contributed by atoms with van der Waals surface area (Å²) in [6, 6.07) is 0. The number of aliphatic carboxylic acids is 1. The van der Waals surface area contributed by atoms with Gasteiger partial charge in [0.25, 0.3) is 0 Å². The number of hydrogen-bond donors (Lipinski definition) is 2. The number of carbonyl (C=O) groups is 1. The number of carboxylic acid groups (broad SMARTS) is 1. The summed E-state index contributed by atoms with van der Waals surface area (Å²) in [6.07, 6.45) is 9.56. The van der Waals surface area contributed by atoms with Crippen LogP contribution in [0.2, 0.25) is 0 Å². The Labute approximate surface area is 115 Å². The minimum absolute atomic E-state index is 0.0545. The van der Waals surface area contributed by atoms with Crippen molar-refractivity contribution in [3.8, 4) is 0 Å². The molecule has 0 bridgehead atoms. The Morgan fingerprint density at radius 3 is 2.21 bits per heavy atom. The van der Waals surface area contributed by atoms with Crippen molar-refractivity contribution >= 4 is 5.97 Å². The maximum atomic E-state index is 10.9. The Morgan fingerprint density at radius 1 is 0.895 bits per heavy atom. The second-order valence-corrected chi connectivity index (χ2v) is 7.17. The third kappa shape index (κ3) is 2.81. The molecule has 0 saturated heterocycles. The third-order valence-corrected chi connectivity index (χ3v) is 6.08. The van der Waals surface area contributed by atoms with Gasteiger partial charge in [-0.3, -0.25) is 4.79 Å². The lowest BCUT2D eigenvalue weighted by molar-refractivity contribution is -0.139. The summed E-state index contributed by atoms with van der Waals surface area (Å²) in [5.41, 5.74) is 0. The summed E-state index contributed by atoms with van der Waals surface area (Å²) in [5.74, 6) is 2.97. The first kappa shape index (κ1) is 13.4. The predicted molar refractivity (Wildman–Crippen MR) is 72.6 cm³/mol. The van der Waals surface area contributed by atoms with Crippen LogP contribution in [0.25, 0.3) is 0 Å². The van der Waals surface area contributed by atoms with Crippen LogP contribution >= 0.6 is 0 Å². The molecule has 3 rings (SSSR count). The molecule has 0 aromatic carbocycles. The minimum Gasteiger partial charge on any atom is -0.481 e. The second kappa shape index (κ2) is 5.43. The quantitative estimate of drug-likeness (QED) is 0.807. The van der Waals surface area contributed by atoms with Gasteiger partial charge in [0.05, 0.1) is 6.10 Å². The zero-order valence-electron chi connectivity index (χ0n) is 11.6. The van der Waals surface area contributed by atoms with Crippen molar-refractivity contribution in [3.63, 3.8) is 0 Å². The summed E-state index contributed by atoms with van der Waals surface area (Å²) < 4.78 is 0. The average molecular weight is 266 g/mol. The van der Waals surface area contributed by atoms with Gasteiger partial charge in [-0.2, -0.15) is 0 Å². The van der Waals surface area contributed by atoms with Gasteiger partial charge in [0.2, 0.25) is 0 Å². The van der Waals surface area contributed by atoms with Gasteiger partial charge in [-0.15, -0.1) is 0 Å². The molecular formula is C16H26O3. The van der Waals surface area contributed by atoms with Crippen LogP contribution in [0, 0.1) is 29.6 Å². The summed E-state index contributed by atoms with van der Waals surface area (Å²) in [7, 11) is 0. The Morgan fingerprint density at radius 2 is 1.53 bits per heavy atom. The van der Waals surface area contributed by atoms with E-state index in [4.69, 9.17) is 5.11 Å². The van der Waals surface area contributed by atoms with Crippen LogP contribution in [-0.2, 0) is 4.79 Å². The fourth-order valence-corrected chi connectivity index (χ4v) is 5.30. The number of rotatable bonds is 2. The molecular weight excluding hydrogens is 240 g/mol. The smallest absolute Gasteiger partial charge is 0.303 e. The van der Waals surface area contributed by atoms with Crippen molar-refractivity contribution in [2.75, 3.05) is 0 Å². The van der Waals surface area contributed by atoms with Crippen molar-refractivity contribution in [2.24, 2.45) is 29.6 Å². The van der Waals surface area contributed by atoms with Crippen molar-refractivity contribution in [3.05, 3.63) is 0 Å². The molecule has 0 heterocycles. The highest BCUT2D eigenvalue weighted by molar-refractivity contribution is 5.67. The van der Waals surface area contributed by atoms with E-state index in [1.165, 1.54) is 25.7 Å². The monoisotopic (exact) mass is 266 g/mol. The molecule has 3 aliphatic carbocycles. The lowest BCUT2D eigenvalue weighted by Crippen LogP contribution is -2.42. The van der Waals surface area contributed by atoms with Crippen molar-refractivity contribution in [1.29, 1.82) is 0 Å². The van der Waals surface area contributed by atoms with Gasteiger partial charge >= 0.3 is 5.97 Å². The number of carboxylic acids is 1. The van der Waals surface area contributed by atoms with E-state index in [0.29, 0.717) is 12.3 Å². The van der Waals surface area contributed by atoms with Crippen LogP contribution < -0.4 is 0 Å². The van der Waals surface area contributed by atoms with Crippen molar-refractivity contribution in [2.45, 2.75) is 63.9 Å². The van der Waals surface area contributed by atoms with Gasteiger partial charge in [0.1, 0.15) is 0 Å². The minimum atomic E-state index is -0.627. The third-order valence-electron chi connectivity index (χ3n) is 6.08. The van der Waals surface area contributed by atoms with E-state index in [2.05, 4.69) is 0 Å². The maximum absolute atomic E-state index is 10.9. The van der Waals surface area contributed by atoms with Crippen LogP contribution in [0.3, 0.4) is 0 Å². The standard InChI is InChI=1S/C16H26O3/c17-13-4-6-15-12(9-13)3-2-11-7-10(8-16(18)19)1-5-14(11)15/h10-15,17H,1-9H2,(H,18,19)/t10-,11-,12-,13-,14-,15+/m1/s1. The van der Waals surface area contributed by atoms with Gasteiger partial charge in [-0.1, -0.05) is 0 Å². The highest BCUT2D eigenvalue weighted by Crippen LogP contribution is 2.52. The van der Waals surface area contributed by atoms with Gasteiger partial charge in [-0.25, -0.2) is 0 Å². The zero-order valence-corrected chi connectivity index (χ0v) is 11.6. The molecule has 2 N–H and O–H groups in total. The molecule has 3 aliphatic rings. The Bertz CT molecular complexity index is 341. The van der Waals surface area contributed by atoms with E-state index < -0.39 is 5.97 Å². The van der Waals surface area contributed by atoms with E-state index in [1.807, 2.05) is 0 Å². The summed E-state index contributed by atoms with van der Waals surface area (Å²) in [6.45, 7) is 0. The highest BCUT2D eigenvalue weighted by Gasteiger charge is 2.44. The van der Waals surface area contributed by atoms with Gasteiger partial charge < -0.3 is 10.2 Å². The number of aliphatic hydroxyl groups excluding tert-OH is 1. The highest BCUT2D eigenvalue weighted by atomic mass is 16.4. The largest absolute Gasteiger partial charge is 0.481 e. The van der Waals surface area contributed by atoms with E-state index in [-0.39, 0.29) is 6.10 Å². The SMILES string of the molecule is O=C(O)C[C@@H]1CC[C@@H]2[C@H](CC[C@@H]3C[C@H](O)CC[C@@H]32)C1. The molecule has 3 saturated carbocycles. The van der Waals surface area contributed by atoms with E-state index >= 15 is 0 Å². The molecule has 0 radical (unpaired) electrons. The molecule has 3 fully saturated rings. The van der Waals surface area contributed by atoms with Gasteiger partial charge in [-0.05, 0) is 81.0 Å². The Hall–Kier alpha value is -0.570. The van der Waals surface area contributed by atoms with Crippen LogP contribution in [-0.4, -0.2) is 22.3 Å². The summed E-state index contributed by atoms with van der Waals surface area (Å²) in [5, 5.41) is 18.8. The van der Waals surface area contributed by atoms with E-state index in [1.54, 1.807) is 0 Å². The first-order valence-electron chi connectivity index (χ1n) is 8.03. The first-order chi connectivity index (χ1) is 9.13. The number of hydrogen-bond acceptors (Lipinski definition) is 2. The lowest BCUT2D eigenvalue weighted by Gasteiger charge is -2.50. The molecule has 0 amide bonds. The Balaban J connectivity index is 1.62. The van der Waals surface area contributed by atoms with Gasteiger partial charge in [0.15, 0.2) is 0 Å². The number of aliphatic hydroxyl groups is 1. The molecule has 0 aromatic rings. The van der Waals surface area contributed by atoms with E-state index in [9.17, 15) is 9.90 Å².